The molecule has 1 N–H and O–H groups in total. The van der Waals surface area contributed by atoms with E-state index in [9.17, 15) is 5.11 Å². The fraction of sp³-hybridized carbons (Fsp3) is 0.600. The molecule has 0 aliphatic rings. The predicted molar refractivity (Wildman–Crippen MR) is 85.8 cm³/mol. The number of halogens is 1. The summed E-state index contributed by atoms with van der Waals surface area (Å²) in [5.74, 6) is 0. The molecule has 0 bridgehead atoms. The van der Waals surface area contributed by atoms with E-state index >= 15 is 0 Å². The first-order chi connectivity index (χ1) is 8.86. The maximum Gasteiger partial charge on any atom is 0.0762 e. The minimum atomic E-state index is -0.431. The molecule has 0 spiro atoms. The molecule has 2 atom stereocenters. The molecular formula is C15H25BrN2O. The molecule has 0 aliphatic heterocycles. The fourth-order valence-corrected chi connectivity index (χ4v) is 2.99. The number of hydrogen-bond donors (Lipinski definition) is 1. The van der Waals surface area contributed by atoms with Crippen molar-refractivity contribution in [3.63, 3.8) is 0 Å². The van der Waals surface area contributed by atoms with Crippen molar-refractivity contribution in [1.29, 1.82) is 0 Å². The Morgan fingerprint density at radius 2 is 1.89 bits per heavy atom. The minimum Gasteiger partial charge on any atom is -0.389 e. The maximum absolute atomic E-state index is 9.62. The van der Waals surface area contributed by atoms with E-state index in [2.05, 4.69) is 59.7 Å². The topological polar surface area (TPSA) is 26.7 Å². The molecule has 0 aliphatic carbocycles. The van der Waals surface area contributed by atoms with Crippen LogP contribution in [-0.2, 0) is 0 Å². The standard InChI is InChI=1S/C15H25BrN2O/c1-6-18(11(2)10-17(4)5)15-8-7-13(12(3)19)9-14(15)16/h7-9,11-12,19H,6,10H2,1-5H3/t11?,12-/m0/s1. The summed E-state index contributed by atoms with van der Waals surface area (Å²) < 4.78 is 1.04. The van der Waals surface area contributed by atoms with Gasteiger partial charge in [0.1, 0.15) is 0 Å². The highest BCUT2D eigenvalue weighted by atomic mass is 79.9. The Morgan fingerprint density at radius 3 is 2.32 bits per heavy atom. The van der Waals surface area contributed by atoms with Gasteiger partial charge in [-0.1, -0.05) is 6.07 Å². The van der Waals surface area contributed by atoms with Gasteiger partial charge in [0, 0.05) is 23.6 Å². The van der Waals surface area contributed by atoms with Crippen LogP contribution in [0.15, 0.2) is 22.7 Å². The highest BCUT2D eigenvalue weighted by molar-refractivity contribution is 9.10. The summed E-state index contributed by atoms with van der Waals surface area (Å²) in [6.45, 7) is 8.16. The first-order valence-electron chi connectivity index (χ1n) is 6.75. The highest BCUT2D eigenvalue weighted by Crippen LogP contribution is 2.30. The average molecular weight is 329 g/mol. The monoisotopic (exact) mass is 328 g/mol. The van der Waals surface area contributed by atoms with E-state index in [1.54, 1.807) is 6.92 Å². The Bertz CT molecular complexity index is 407. The molecule has 0 heterocycles. The lowest BCUT2D eigenvalue weighted by molar-refractivity contribution is 0.199. The normalized spacial score (nSPS) is 14.5. The van der Waals surface area contributed by atoms with Crippen LogP contribution in [0.5, 0.6) is 0 Å². The van der Waals surface area contributed by atoms with Gasteiger partial charge in [-0.15, -0.1) is 0 Å². The molecule has 3 nitrogen and oxygen atoms in total. The summed E-state index contributed by atoms with van der Waals surface area (Å²) in [6, 6.07) is 6.52. The molecule has 0 saturated carbocycles. The molecule has 1 unspecified atom stereocenters. The van der Waals surface area contributed by atoms with Gasteiger partial charge in [-0.25, -0.2) is 0 Å². The quantitative estimate of drug-likeness (QED) is 0.868. The van der Waals surface area contributed by atoms with Crippen molar-refractivity contribution in [3.05, 3.63) is 28.2 Å². The van der Waals surface area contributed by atoms with Crippen LogP contribution < -0.4 is 4.90 Å². The van der Waals surface area contributed by atoms with Crippen LogP contribution in [0.25, 0.3) is 0 Å². The van der Waals surface area contributed by atoms with Crippen LogP contribution in [0.2, 0.25) is 0 Å². The molecule has 0 radical (unpaired) electrons. The van der Waals surface area contributed by atoms with Gasteiger partial charge in [0.05, 0.1) is 11.8 Å². The molecule has 1 aromatic carbocycles. The van der Waals surface area contributed by atoms with Crippen molar-refractivity contribution in [2.45, 2.75) is 32.9 Å². The summed E-state index contributed by atoms with van der Waals surface area (Å²) in [7, 11) is 4.19. The largest absolute Gasteiger partial charge is 0.389 e. The summed E-state index contributed by atoms with van der Waals surface area (Å²) in [5.41, 5.74) is 2.12. The van der Waals surface area contributed by atoms with Crippen molar-refractivity contribution in [2.75, 3.05) is 32.1 Å². The number of nitrogens with zero attached hydrogens (tertiary/aromatic N) is 2. The number of likely N-dealkylation sites (N-methyl/N-ethyl adjacent to an activating group) is 2. The van der Waals surface area contributed by atoms with Crippen LogP contribution in [0.3, 0.4) is 0 Å². The Kier molecular flexibility index (Phi) is 6.30. The Hall–Kier alpha value is -0.580. The lowest BCUT2D eigenvalue weighted by Gasteiger charge is -2.33. The van der Waals surface area contributed by atoms with E-state index in [0.29, 0.717) is 6.04 Å². The van der Waals surface area contributed by atoms with Gasteiger partial charge in [0.25, 0.3) is 0 Å². The summed E-state index contributed by atoms with van der Waals surface area (Å²) >= 11 is 3.63. The highest BCUT2D eigenvalue weighted by Gasteiger charge is 2.16. The van der Waals surface area contributed by atoms with Crippen molar-refractivity contribution in [1.82, 2.24) is 4.90 Å². The minimum absolute atomic E-state index is 0.431. The van der Waals surface area contributed by atoms with E-state index < -0.39 is 6.10 Å². The first kappa shape index (κ1) is 16.5. The maximum atomic E-state index is 9.62. The van der Waals surface area contributed by atoms with E-state index in [4.69, 9.17) is 0 Å². The van der Waals surface area contributed by atoms with E-state index in [1.807, 2.05) is 12.1 Å². The second kappa shape index (κ2) is 7.27. The van der Waals surface area contributed by atoms with Crippen LogP contribution in [0.1, 0.15) is 32.4 Å². The van der Waals surface area contributed by atoms with Crippen LogP contribution in [0.4, 0.5) is 5.69 Å². The van der Waals surface area contributed by atoms with Gasteiger partial charge in [-0.2, -0.15) is 0 Å². The Morgan fingerprint density at radius 1 is 1.26 bits per heavy atom. The third-order valence-corrected chi connectivity index (χ3v) is 3.90. The smallest absolute Gasteiger partial charge is 0.0762 e. The molecule has 4 heteroatoms. The third-order valence-electron chi connectivity index (χ3n) is 3.27. The number of aliphatic hydroxyl groups excluding tert-OH is 1. The van der Waals surface area contributed by atoms with Gasteiger partial charge < -0.3 is 14.9 Å². The number of benzene rings is 1. The summed E-state index contributed by atoms with van der Waals surface area (Å²) in [5, 5.41) is 9.62. The van der Waals surface area contributed by atoms with Crippen molar-refractivity contribution < 1.29 is 5.11 Å². The number of anilines is 1. The summed E-state index contributed by atoms with van der Waals surface area (Å²) in [4.78, 5) is 4.57. The molecule has 108 valence electrons. The number of hydrogen-bond acceptors (Lipinski definition) is 3. The molecule has 19 heavy (non-hydrogen) atoms. The van der Waals surface area contributed by atoms with Gasteiger partial charge in [0.2, 0.25) is 0 Å². The van der Waals surface area contributed by atoms with Crippen LogP contribution >= 0.6 is 15.9 Å². The molecule has 0 amide bonds. The molecule has 1 aromatic rings. The van der Waals surface area contributed by atoms with E-state index in [0.717, 1.165) is 23.1 Å². The van der Waals surface area contributed by atoms with Gasteiger partial charge >= 0.3 is 0 Å². The predicted octanol–water partition coefficient (Wildman–Crippen LogP) is 3.28. The molecule has 1 rings (SSSR count). The van der Waals surface area contributed by atoms with Crippen LogP contribution in [0, 0.1) is 0 Å². The average Bonchev–Trinajstić information content (AvgIpc) is 2.30. The molecule has 0 aromatic heterocycles. The molecule has 0 fully saturated rings. The Labute approximate surface area is 125 Å². The number of rotatable bonds is 6. The van der Waals surface area contributed by atoms with Crippen LogP contribution in [-0.4, -0.2) is 43.2 Å². The second-order valence-electron chi connectivity index (χ2n) is 5.28. The zero-order chi connectivity index (χ0) is 14.6. The second-order valence-corrected chi connectivity index (χ2v) is 6.14. The first-order valence-corrected chi connectivity index (χ1v) is 7.55. The zero-order valence-corrected chi connectivity index (χ0v) is 14.1. The lowest BCUT2D eigenvalue weighted by Crippen LogP contribution is -2.40. The van der Waals surface area contributed by atoms with Gasteiger partial charge in [0.15, 0.2) is 0 Å². The van der Waals surface area contributed by atoms with Crippen molar-refractivity contribution in [2.24, 2.45) is 0 Å². The molecular weight excluding hydrogens is 304 g/mol. The summed E-state index contributed by atoms with van der Waals surface area (Å²) in [6.07, 6.45) is -0.431. The van der Waals surface area contributed by atoms with E-state index in [-0.39, 0.29) is 0 Å². The zero-order valence-electron chi connectivity index (χ0n) is 12.5. The number of aliphatic hydroxyl groups is 1. The van der Waals surface area contributed by atoms with Gasteiger partial charge in [-0.3, -0.25) is 0 Å². The van der Waals surface area contributed by atoms with Gasteiger partial charge in [-0.05, 0) is 68.5 Å². The van der Waals surface area contributed by atoms with Crippen molar-refractivity contribution in [3.8, 4) is 0 Å². The van der Waals surface area contributed by atoms with Crippen molar-refractivity contribution >= 4 is 21.6 Å². The Balaban J connectivity index is 2.98. The SMILES string of the molecule is CCN(c1ccc([C@H](C)O)cc1Br)C(C)CN(C)C. The fourth-order valence-electron chi connectivity index (χ4n) is 2.36. The lowest BCUT2D eigenvalue weighted by atomic mass is 10.1. The third kappa shape index (κ3) is 4.48. The van der Waals surface area contributed by atoms with E-state index in [1.165, 1.54) is 5.69 Å². The molecule has 0 saturated heterocycles.